The Labute approximate surface area is 226 Å². The second-order valence-corrected chi connectivity index (χ2v) is 17.8. The Balaban J connectivity index is 1.35. The van der Waals surface area contributed by atoms with Crippen LogP contribution in [0.4, 0.5) is 11.4 Å². The molecule has 2 unspecified atom stereocenters. The predicted octanol–water partition coefficient (Wildman–Crippen LogP) is 9.86. The van der Waals surface area contributed by atoms with Gasteiger partial charge in [-0.3, -0.25) is 0 Å². The number of thiophene rings is 1. The van der Waals surface area contributed by atoms with Crippen LogP contribution >= 0.6 is 11.3 Å². The van der Waals surface area contributed by atoms with Crippen LogP contribution in [0.2, 0.25) is 13.1 Å². The van der Waals surface area contributed by atoms with Crippen molar-refractivity contribution < 1.29 is 0 Å². The smallest absolute Gasteiger partial charge is 0.0732 e. The van der Waals surface area contributed by atoms with Crippen molar-refractivity contribution in [3.8, 4) is 0 Å². The van der Waals surface area contributed by atoms with Crippen LogP contribution in [-0.2, 0) is 6.42 Å². The zero-order valence-corrected chi connectivity index (χ0v) is 24.4. The molecule has 3 aliphatic rings. The molecule has 3 aromatic carbocycles. The molecule has 1 aliphatic heterocycles. The summed E-state index contributed by atoms with van der Waals surface area (Å²) in [7, 11) is -1.85. The maximum Gasteiger partial charge on any atom is 0.0732 e. The Morgan fingerprint density at radius 2 is 1.59 bits per heavy atom. The van der Waals surface area contributed by atoms with Crippen molar-refractivity contribution in [2.75, 3.05) is 11.4 Å². The minimum Gasteiger partial charge on any atom is -0.341 e. The lowest BCUT2D eigenvalue weighted by atomic mass is 9.99. The van der Waals surface area contributed by atoms with Gasteiger partial charge in [-0.1, -0.05) is 78.8 Å². The van der Waals surface area contributed by atoms with Gasteiger partial charge in [-0.05, 0) is 74.1 Å². The third-order valence-corrected chi connectivity index (χ3v) is 15.3. The molecule has 3 heteroatoms. The van der Waals surface area contributed by atoms with E-state index in [1.807, 2.05) is 0 Å². The Kier molecular flexibility index (Phi) is 5.22. The fraction of sp³-hybridized carbons (Fsp3) is 0.294. The molecule has 0 N–H and O–H groups in total. The summed E-state index contributed by atoms with van der Waals surface area (Å²) in [6.07, 6.45) is 4.93. The number of nitrogens with zero attached hydrogens (tertiary/aromatic N) is 1. The number of para-hydroxylation sites is 1. The fourth-order valence-electron chi connectivity index (χ4n) is 7.87. The number of aryl methyl sites for hydroxylation is 1. The summed E-state index contributed by atoms with van der Waals surface area (Å²) in [5.74, 6) is 0. The van der Waals surface area contributed by atoms with E-state index in [0.29, 0.717) is 11.1 Å². The molecule has 2 aliphatic carbocycles. The van der Waals surface area contributed by atoms with Crippen LogP contribution in [-0.4, -0.2) is 14.6 Å². The molecule has 4 aromatic rings. The first kappa shape index (κ1) is 23.2. The topological polar surface area (TPSA) is 3.24 Å². The van der Waals surface area contributed by atoms with Crippen LogP contribution in [0, 0.1) is 0 Å². The molecule has 0 amide bonds. The number of anilines is 2. The third kappa shape index (κ3) is 3.26. The zero-order valence-electron chi connectivity index (χ0n) is 22.6. The van der Waals surface area contributed by atoms with Crippen molar-refractivity contribution in [1.82, 2.24) is 0 Å². The molecule has 0 saturated heterocycles. The second-order valence-electron chi connectivity index (χ2n) is 11.9. The highest BCUT2D eigenvalue weighted by Crippen LogP contribution is 2.58. The van der Waals surface area contributed by atoms with Gasteiger partial charge in [0.1, 0.15) is 0 Å². The second kappa shape index (κ2) is 8.31. The van der Waals surface area contributed by atoms with E-state index in [2.05, 4.69) is 123 Å². The molecular formula is C34H35NSSi. The highest BCUT2D eigenvalue weighted by Gasteiger charge is 2.49. The normalized spacial score (nSPS) is 20.8. The van der Waals surface area contributed by atoms with E-state index in [9.17, 15) is 0 Å². The summed E-state index contributed by atoms with van der Waals surface area (Å²) in [5, 5.41) is 1.46. The van der Waals surface area contributed by atoms with E-state index in [4.69, 9.17) is 0 Å². The minimum absolute atomic E-state index is 0.534. The molecule has 186 valence electrons. The van der Waals surface area contributed by atoms with E-state index >= 15 is 0 Å². The molecular weight excluding hydrogens is 483 g/mol. The number of allylic oxidation sites excluding steroid dienone is 3. The fourth-order valence-corrected chi connectivity index (χ4v) is 15.1. The summed E-state index contributed by atoms with van der Waals surface area (Å²) >= 11 is 2.05. The van der Waals surface area contributed by atoms with Crippen molar-refractivity contribution in [3.63, 3.8) is 0 Å². The quantitative estimate of drug-likeness (QED) is 0.244. The van der Waals surface area contributed by atoms with Gasteiger partial charge in [0, 0.05) is 49.5 Å². The molecule has 7 rings (SSSR count). The average Bonchev–Trinajstić information content (AvgIpc) is 3.52. The van der Waals surface area contributed by atoms with Crippen LogP contribution in [0.1, 0.15) is 65.4 Å². The highest BCUT2D eigenvalue weighted by molar-refractivity contribution is 7.20. The van der Waals surface area contributed by atoms with Crippen molar-refractivity contribution in [1.29, 1.82) is 0 Å². The largest absolute Gasteiger partial charge is 0.341 e. The molecule has 1 aromatic heterocycles. The first-order chi connectivity index (χ1) is 17.9. The lowest BCUT2D eigenvalue weighted by Crippen LogP contribution is -2.42. The standard InChI is InChI=1S/C34H35NSSi/c1-21-20-27-25(15-10-17-29(27)35-19-11-13-24-12-6-8-16-28(24)35)33(21)37(4,5)34-23(3)22(2)31-26-14-7-9-18-30(26)36-32(31)34/h6-10,12,14-18,20,33-34H,11,13,19H2,1-5H3. The Bertz CT molecular complexity index is 1630. The summed E-state index contributed by atoms with van der Waals surface area (Å²) in [5.41, 5.74) is 14.7. The maximum absolute atomic E-state index is 2.66. The van der Waals surface area contributed by atoms with Gasteiger partial charge in [0.05, 0.1) is 8.07 Å². The van der Waals surface area contributed by atoms with Gasteiger partial charge in [-0.2, -0.15) is 0 Å². The van der Waals surface area contributed by atoms with Gasteiger partial charge >= 0.3 is 0 Å². The molecule has 2 heterocycles. The van der Waals surface area contributed by atoms with Gasteiger partial charge < -0.3 is 4.90 Å². The molecule has 0 radical (unpaired) electrons. The van der Waals surface area contributed by atoms with Gasteiger partial charge in [0.25, 0.3) is 0 Å². The molecule has 2 atom stereocenters. The van der Waals surface area contributed by atoms with Crippen LogP contribution in [0.3, 0.4) is 0 Å². The van der Waals surface area contributed by atoms with Gasteiger partial charge in [0.15, 0.2) is 0 Å². The lowest BCUT2D eigenvalue weighted by Gasteiger charge is -2.39. The molecule has 0 bridgehead atoms. The number of benzene rings is 3. The van der Waals surface area contributed by atoms with Crippen LogP contribution in [0.5, 0.6) is 0 Å². The summed E-state index contributed by atoms with van der Waals surface area (Å²) in [6.45, 7) is 13.6. The summed E-state index contributed by atoms with van der Waals surface area (Å²) in [6, 6.07) is 25.2. The highest BCUT2D eigenvalue weighted by atomic mass is 32.1. The van der Waals surface area contributed by atoms with Gasteiger partial charge in [-0.25, -0.2) is 0 Å². The van der Waals surface area contributed by atoms with Gasteiger partial charge in [0.2, 0.25) is 0 Å². The maximum atomic E-state index is 2.66. The Morgan fingerprint density at radius 3 is 2.46 bits per heavy atom. The van der Waals surface area contributed by atoms with Crippen molar-refractivity contribution in [2.45, 2.75) is 57.8 Å². The van der Waals surface area contributed by atoms with E-state index < -0.39 is 8.07 Å². The molecule has 0 spiro atoms. The molecule has 37 heavy (non-hydrogen) atoms. The number of rotatable bonds is 3. The summed E-state index contributed by atoms with van der Waals surface area (Å²) in [4.78, 5) is 4.23. The third-order valence-electron chi connectivity index (χ3n) is 9.43. The molecule has 0 fully saturated rings. The number of hydrogen-bond donors (Lipinski definition) is 0. The Morgan fingerprint density at radius 1 is 0.838 bits per heavy atom. The monoisotopic (exact) mass is 517 g/mol. The predicted molar refractivity (Wildman–Crippen MR) is 165 cm³/mol. The van der Waals surface area contributed by atoms with Crippen LogP contribution in [0.15, 0.2) is 77.9 Å². The number of fused-ring (bicyclic) bond motifs is 5. The SMILES string of the molecule is CC1=Cc2c(cccc2N2CCCc3ccccc32)C1[Si](C)(C)C1C(C)=C(C)c2c1sc1ccccc21. The van der Waals surface area contributed by atoms with Crippen molar-refractivity contribution in [3.05, 3.63) is 105 Å². The number of hydrogen-bond acceptors (Lipinski definition) is 2. The zero-order chi connectivity index (χ0) is 25.5. The Hall–Kier alpha value is -2.88. The first-order valence-corrected chi connectivity index (χ1v) is 17.7. The first-order valence-electron chi connectivity index (χ1n) is 13.7. The molecule has 0 saturated carbocycles. The van der Waals surface area contributed by atoms with Gasteiger partial charge in [-0.15, -0.1) is 11.3 Å². The average molecular weight is 518 g/mol. The van der Waals surface area contributed by atoms with Crippen molar-refractivity contribution >= 4 is 52.5 Å². The minimum atomic E-state index is -1.85. The van der Waals surface area contributed by atoms with E-state index in [1.165, 1.54) is 51.0 Å². The van der Waals surface area contributed by atoms with Crippen LogP contribution < -0.4 is 4.90 Å². The van der Waals surface area contributed by atoms with E-state index in [-0.39, 0.29) is 0 Å². The van der Waals surface area contributed by atoms with Crippen LogP contribution in [0.25, 0.3) is 21.7 Å². The molecule has 1 nitrogen and oxygen atoms in total. The lowest BCUT2D eigenvalue weighted by molar-refractivity contribution is 0.766. The van der Waals surface area contributed by atoms with Crippen molar-refractivity contribution in [2.24, 2.45) is 0 Å². The van der Waals surface area contributed by atoms with E-state index in [0.717, 1.165) is 6.54 Å². The summed E-state index contributed by atoms with van der Waals surface area (Å²) < 4.78 is 1.44. The van der Waals surface area contributed by atoms with E-state index in [1.54, 1.807) is 27.2 Å².